The maximum atomic E-state index is 11.5. The van der Waals surface area contributed by atoms with Gasteiger partial charge >= 0.3 is 0 Å². The van der Waals surface area contributed by atoms with Gasteiger partial charge in [-0.1, -0.05) is 28.9 Å². The molecule has 104 valence electrons. The van der Waals surface area contributed by atoms with Gasteiger partial charge < -0.3 is 4.74 Å². The highest BCUT2D eigenvalue weighted by atomic mass is 79.9. The monoisotopic (exact) mass is 333 g/mol. The Morgan fingerprint density at radius 1 is 1.20 bits per heavy atom. The highest BCUT2D eigenvalue weighted by Crippen LogP contribution is 2.30. The molecule has 0 heterocycles. The lowest BCUT2D eigenvalue weighted by molar-refractivity contribution is -0.106. The molecule has 20 heavy (non-hydrogen) atoms. The van der Waals surface area contributed by atoms with Crippen molar-refractivity contribution in [2.75, 3.05) is 12.0 Å². The minimum absolute atomic E-state index is 0.722. The Labute approximate surface area is 127 Å². The predicted molar refractivity (Wildman–Crippen MR) is 84.7 cm³/mol. The van der Waals surface area contributed by atoms with Crippen LogP contribution >= 0.6 is 15.9 Å². The van der Waals surface area contributed by atoms with Crippen molar-refractivity contribution in [1.82, 2.24) is 0 Å². The van der Waals surface area contributed by atoms with Crippen LogP contribution in [0.2, 0.25) is 0 Å². The molecule has 0 atom stereocenters. The molecule has 0 aliphatic heterocycles. The van der Waals surface area contributed by atoms with Crippen molar-refractivity contribution in [3.63, 3.8) is 0 Å². The van der Waals surface area contributed by atoms with Gasteiger partial charge in [-0.3, -0.25) is 9.69 Å². The number of benzene rings is 2. The third-order valence-electron chi connectivity index (χ3n) is 3.07. The van der Waals surface area contributed by atoms with Gasteiger partial charge in [-0.05, 0) is 42.3 Å². The van der Waals surface area contributed by atoms with E-state index in [1.165, 1.54) is 5.56 Å². The van der Waals surface area contributed by atoms with Gasteiger partial charge in [0.1, 0.15) is 5.75 Å². The van der Waals surface area contributed by atoms with Crippen LogP contribution in [-0.2, 0) is 11.2 Å². The van der Waals surface area contributed by atoms with Crippen LogP contribution in [0, 0.1) is 0 Å². The van der Waals surface area contributed by atoms with E-state index in [1.54, 1.807) is 12.0 Å². The quantitative estimate of drug-likeness (QED) is 0.763. The van der Waals surface area contributed by atoms with E-state index in [0.717, 1.165) is 34.4 Å². The van der Waals surface area contributed by atoms with Crippen molar-refractivity contribution in [2.24, 2.45) is 0 Å². The molecule has 2 rings (SSSR count). The number of halogens is 1. The highest BCUT2D eigenvalue weighted by Gasteiger charge is 2.10. The molecule has 0 bridgehead atoms. The number of nitrogens with zero attached hydrogens (tertiary/aromatic N) is 1. The Morgan fingerprint density at radius 2 is 2.00 bits per heavy atom. The van der Waals surface area contributed by atoms with Gasteiger partial charge in [0.2, 0.25) is 6.41 Å². The number of aryl methyl sites for hydroxylation is 1. The van der Waals surface area contributed by atoms with Gasteiger partial charge in [0.05, 0.1) is 12.8 Å². The van der Waals surface area contributed by atoms with Gasteiger partial charge in [0, 0.05) is 16.2 Å². The van der Waals surface area contributed by atoms with Crippen molar-refractivity contribution >= 4 is 33.7 Å². The summed E-state index contributed by atoms with van der Waals surface area (Å²) in [7, 11) is 1.61. The molecular formula is C16H16BrNO2. The van der Waals surface area contributed by atoms with Crippen LogP contribution in [0.4, 0.5) is 11.4 Å². The minimum atomic E-state index is 0.722. The minimum Gasteiger partial charge on any atom is -0.497 e. The fourth-order valence-corrected chi connectivity index (χ4v) is 2.54. The number of hydrogen-bond acceptors (Lipinski definition) is 2. The van der Waals surface area contributed by atoms with Gasteiger partial charge in [-0.25, -0.2) is 0 Å². The van der Waals surface area contributed by atoms with E-state index in [2.05, 4.69) is 28.9 Å². The number of methoxy groups -OCH3 is 1. The summed E-state index contributed by atoms with van der Waals surface area (Å²) >= 11 is 3.48. The van der Waals surface area contributed by atoms with Crippen LogP contribution in [0.3, 0.4) is 0 Å². The van der Waals surface area contributed by atoms with E-state index in [4.69, 9.17) is 4.74 Å². The molecule has 0 aliphatic rings. The average Bonchev–Trinajstić information content (AvgIpc) is 2.47. The summed E-state index contributed by atoms with van der Waals surface area (Å²) in [5.74, 6) is 0.722. The summed E-state index contributed by atoms with van der Waals surface area (Å²) in [5.41, 5.74) is 2.78. The zero-order chi connectivity index (χ0) is 14.5. The number of rotatable bonds is 5. The summed E-state index contributed by atoms with van der Waals surface area (Å²) in [4.78, 5) is 13.1. The number of carbonyl (C=O) groups excluding carboxylic acids is 1. The largest absolute Gasteiger partial charge is 0.497 e. The number of hydrogen-bond donors (Lipinski definition) is 0. The lowest BCUT2D eigenvalue weighted by atomic mass is 10.1. The van der Waals surface area contributed by atoms with E-state index in [9.17, 15) is 4.79 Å². The van der Waals surface area contributed by atoms with Gasteiger partial charge in [0.25, 0.3) is 0 Å². The second-order valence-corrected chi connectivity index (χ2v) is 5.26. The molecule has 0 spiro atoms. The van der Waals surface area contributed by atoms with Crippen molar-refractivity contribution in [1.29, 1.82) is 0 Å². The molecule has 2 aromatic carbocycles. The van der Waals surface area contributed by atoms with Crippen molar-refractivity contribution in [3.05, 3.63) is 52.5 Å². The smallest absolute Gasteiger partial charge is 0.218 e. The SMILES string of the molecule is CCc1cc(Br)cc(N(C=O)c2cccc(OC)c2)c1. The molecule has 0 saturated heterocycles. The second-order valence-electron chi connectivity index (χ2n) is 4.35. The van der Waals surface area contributed by atoms with E-state index in [0.29, 0.717) is 0 Å². The third-order valence-corrected chi connectivity index (χ3v) is 3.52. The van der Waals surface area contributed by atoms with Crippen molar-refractivity contribution in [3.8, 4) is 5.75 Å². The van der Waals surface area contributed by atoms with E-state index >= 15 is 0 Å². The van der Waals surface area contributed by atoms with Gasteiger partial charge in [-0.2, -0.15) is 0 Å². The maximum absolute atomic E-state index is 11.5. The van der Waals surface area contributed by atoms with Crippen LogP contribution in [0.25, 0.3) is 0 Å². The summed E-state index contributed by atoms with van der Waals surface area (Å²) in [6, 6.07) is 13.4. The Hall–Kier alpha value is -1.81. The Morgan fingerprint density at radius 3 is 2.65 bits per heavy atom. The zero-order valence-corrected chi connectivity index (χ0v) is 13.1. The zero-order valence-electron chi connectivity index (χ0n) is 11.5. The molecule has 2 aromatic rings. The van der Waals surface area contributed by atoms with Crippen LogP contribution in [-0.4, -0.2) is 13.5 Å². The Balaban J connectivity index is 2.46. The number of anilines is 2. The first-order valence-corrected chi connectivity index (χ1v) is 7.15. The fraction of sp³-hybridized carbons (Fsp3) is 0.188. The van der Waals surface area contributed by atoms with E-state index < -0.39 is 0 Å². The summed E-state index contributed by atoms with van der Waals surface area (Å²) in [5, 5.41) is 0. The summed E-state index contributed by atoms with van der Waals surface area (Å²) < 4.78 is 6.16. The molecule has 0 saturated carbocycles. The van der Waals surface area contributed by atoms with Gasteiger partial charge in [0.15, 0.2) is 0 Å². The Kier molecular flexibility index (Phi) is 4.79. The molecule has 0 fully saturated rings. The average molecular weight is 334 g/mol. The first-order chi connectivity index (χ1) is 9.67. The molecule has 0 unspecified atom stereocenters. The van der Waals surface area contributed by atoms with E-state index in [-0.39, 0.29) is 0 Å². The summed E-state index contributed by atoms with van der Waals surface area (Å²) in [6.45, 7) is 2.09. The molecule has 0 aromatic heterocycles. The number of amides is 1. The highest BCUT2D eigenvalue weighted by molar-refractivity contribution is 9.10. The lowest BCUT2D eigenvalue weighted by Gasteiger charge is -2.19. The molecular weight excluding hydrogens is 318 g/mol. The van der Waals surface area contributed by atoms with Crippen LogP contribution in [0.1, 0.15) is 12.5 Å². The number of ether oxygens (including phenoxy) is 1. The second kappa shape index (κ2) is 6.57. The standard InChI is InChI=1S/C16H16BrNO2/c1-3-12-7-13(17)9-15(8-12)18(11-19)14-5-4-6-16(10-14)20-2/h4-11H,3H2,1-2H3. The van der Waals surface area contributed by atoms with E-state index in [1.807, 2.05) is 36.4 Å². The Bertz CT molecular complexity index is 613. The molecule has 0 aliphatic carbocycles. The predicted octanol–water partition coefficient (Wildman–Crippen LogP) is 4.31. The molecule has 0 radical (unpaired) electrons. The number of carbonyl (C=O) groups is 1. The molecule has 4 heteroatoms. The normalized spacial score (nSPS) is 10.2. The van der Waals surface area contributed by atoms with Crippen LogP contribution in [0.15, 0.2) is 46.9 Å². The van der Waals surface area contributed by atoms with Crippen molar-refractivity contribution in [2.45, 2.75) is 13.3 Å². The molecule has 1 amide bonds. The van der Waals surface area contributed by atoms with Crippen LogP contribution < -0.4 is 9.64 Å². The van der Waals surface area contributed by atoms with Crippen molar-refractivity contribution < 1.29 is 9.53 Å². The maximum Gasteiger partial charge on any atom is 0.218 e. The van der Waals surface area contributed by atoms with Crippen LogP contribution in [0.5, 0.6) is 5.75 Å². The third kappa shape index (κ3) is 3.20. The summed E-state index contributed by atoms with van der Waals surface area (Å²) in [6.07, 6.45) is 1.73. The van der Waals surface area contributed by atoms with Gasteiger partial charge in [-0.15, -0.1) is 0 Å². The molecule has 3 nitrogen and oxygen atoms in total. The fourth-order valence-electron chi connectivity index (χ4n) is 2.01. The molecule has 0 N–H and O–H groups in total. The first-order valence-electron chi connectivity index (χ1n) is 6.36. The topological polar surface area (TPSA) is 29.5 Å². The lowest BCUT2D eigenvalue weighted by Crippen LogP contribution is -2.14. The first kappa shape index (κ1) is 14.6.